The number of alkyl halides is 12. The van der Waals surface area contributed by atoms with E-state index in [0.717, 1.165) is 19.3 Å². The smallest absolute Gasteiger partial charge is 0.534 e. The summed E-state index contributed by atoms with van der Waals surface area (Å²) in [5.74, 6) is -3.48. The average molecular weight is 743 g/mol. The molecule has 3 aromatic rings. The zero-order valence-corrected chi connectivity index (χ0v) is 25.1. The van der Waals surface area contributed by atoms with Gasteiger partial charge < -0.3 is 23.7 Å². The molecule has 0 saturated carbocycles. The summed E-state index contributed by atoms with van der Waals surface area (Å²) in [7, 11) is -6.51. The second-order valence-electron chi connectivity index (χ2n) is 10.1. The van der Waals surface area contributed by atoms with Crippen molar-refractivity contribution in [2.24, 2.45) is 0 Å². The van der Waals surface area contributed by atoms with Gasteiger partial charge in [0.05, 0.1) is 35.7 Å². The Morgan fingerprint density at radius 3 is 1.78 bits per heavy atom. The van der Waals surface area contributed by atoms with Crippen molar-refractivity contribution in [3.05, 3.63) is 76.1 Å². The molecular weight excluding hydrogens is 722 g/mol. The zero-order chi connectivity index (χ0) is 37.2. The van der Waals surface area contributed by atoms with Gasteiger partial charge in [0, 0.05) is 24.6 Å². The van der Waals surface area contributed by atoms with E-state index in [1.807, 2.05) is 0 Å². The number of carboxylic acids is 1. The Kier molecular flexibility index (Phi) is 11.3. The Hall–Kier alpha value is -4.50. The van der Waals surface area contributed by atoms with Crippen molar-refractivity contribution in [1.82, 2.24) is 9.97 Å². The highest BCUT2D eigenvalue weighted by Gasteiger charge is 2.49. The molecule has 0 N–H and O–H groups in total. The molecule has 22 heteroatoms. The average Bonchev–Trinajstić information content (AvgIpc) is 2.94. The molecule has 3 rings (SSSR count). The van der Waals surface area contributed by atoms with Gasteiger partial charge in [-0.15, -0.1) is 0 Å². The number of aliphatic carboxylic acids is 1. The van der Waals surface area contributed by atoms with Gasteiger partial charge in [-0.05, 0) is 61.2 Å². The van der Waals surface area contributed by atoms with E-state index in [9.17, 15) is 71.0 Å². The fourth-order valence-corrected chi connectivity index (χ4v) is 4.64. The first-order valence-corrected chi connectivity index (χ1v) is 14.6. The summed E-state index contributed by atoms with van der Waals surface area (Å²) in [6, 6.07) is 0.741. The molecule has 1 heterocycles. The van der Waals surface area contributed by atoms with Crippen LogP contribution in [0.25, 0.3) is 0 Å². The Balaban J connectivity index is 2.19. The lowest BCUT2D eigenvalue weighted by Gasteiger charge is -2.26. The van der Waals surface area contributed by atoms with Crippen molar-refractivity contribution < 1.29 is 79.9 Å². The van der Waals surface area contributed by atoms with Crippen molar-refractivity contribution >= 4 is 22.0 Å². The van der Waals surface area contributed by atoms with Gasteiger partial charge in [0.1, 0.15) is 0 Å². The minimum absolute atomic E-state index is 0.0498. The lowest BCUT2D eigenvalue weighted by atomic mass is 10.0. The van der Waals surface area contributed by atoms with Crippen molar-refractivity contribution in [2.75, 3.05) is 11.5 Å². The number of anilines is 1. The summed E-state index contributed by atoms with van der Waals surface area (Å²) in [6.45, 7) is -1.70. The summed E-state index contributed by atoms with van der Waals surface area (Å²) < 4.78 is 195. The third-order valence-corrected chi connectivity index (χ3v) is 7.18. The predicted octanol–water partition coefficient (Wildman–Crippen LogP) is 6.19. The van der Waals surface area contributed by atoms with E-state index in [0.29, 0.717) is 4.90 Å². The maximum absolute atomic E-state index is 13.7. The number of hydrogen-bond acceptors (Lipinski definition) is 9. The SMILES string of the molecule is Cc1cc(C(F)(F)F)cc(CN(Cc2cc(C(F)(F)F)cc(C(F)(F)F)c2)c2ncc(OCCCC(=O)[O-])cn2)c1OS(=O)(=O)C(F)(F)F. The first-order valence-electron chi connectivity index (χ1n) is 13.2. The largest absolute Gasteiger partial charge is 0.550 e. The fraction of sp³-hybridized carbons (Fsp3) is 0.370. The highest BCUT2D eigenvalue weighted by atomic mass is 32.2. The van der Waals surface area contributed by atoms with E-state index in [-0.39, 0.29) is 49.1 Å². The van der Waals surface area contributed by atoms with Crippen LogP contribution in [0, 0.1) is 6.92 Å². The lowest BCUT2D eigenvalue weighted by molar-refractivity contribution is -0.305. The molecule has 0 fully saturated rings. The van der Waals surface area contributed by atoms with E-state index >= 15 is 0 Å². The van der Waals surface area contributed by atoms with Crippen LogP contribution in [-0.4, -0.2) is 36.5 Å². The molecule has 1 aromatic heterocycles. The first kappa shape index (κ1) is 38.9. The van der Waals surface area contributed by atoms with E-state index in [2.05, 4.69) is 14.2 Å². The van der Waals surface area contributed by atoms with Crippen LogP contribution in [0.3, 0.4) is 0 Å². The molecule has 0 amide bonds. The number of nitrogens with zero attached hydrogens (tertiary/aromatic N) is 3. The number of carbonyl (C=O) groups is 1. The van der Waals surface area contributed by atoms with Crippen LogP contribution in [0.5, 0.6) is 11.5 Å². The predicted molar refractivity (Wildman–Crippen MR) is 140 cm³/mol. The van der Waals surface area contributed by atoms with Gasteiger partial charge in [-0.3, -0.25) is 0 Å². The van der Waals surface area contributed by atoms with Crippen molar-refractivity contribution in [2.45, 2.75) is 56.9 Å². The second-order valence-corrected chi connectivity index (χ2v) is 11.6. The van der Waals surface area contributed by atoms with Crippen LogP contribution in [0.1, 0.15) is 46.2 Å². The molecular formula is C27H20F12N3O6S-. The number of hydrogen-bond donors (Lipinski definition) is 0. The number of rotatable bonds is 12. The van der Waals surface area contributed by atoms with E-state index in [1.165, 1.54) is 0 Å². The number of benzene rings is 2. The molecule has 0 saturated heterocycles. The number of halogens is 12. The summed E-state index contributed by atoms with van der Waals surface area (Å²) in [4.78, 5) is 18.8. The molecule has 0 aliphatic heterocycles. The molecule has 0 atom stereocenters. The minimum atomic E-state index is -6.51. The number of aryl methyl sites for hydroxylation is 1. The molecule has 0 unspecified atom stereocenters. The lowest BCUT2D eigenvalue weighted by Crippen LogP contribution is -2.30. The van der Waals surface area contributed by atoms with Gasteiger partial charge in [-0.25, -0.2) is 9.97 Å². The Morgan fingerprint density at radius 2 is 1.31 bits per heavy atom. The van der Waals surface area contributed by atoms with Crippen molar-refractivity contribution in [1.29, 1.82) is 0 Å². The molecule has 0 spiro atoms. The molecule has 270 valence electrons. The Morgan fingerprint density at radius 1 is 0.796 bits per heavy atom. The Labute approximate surface area is 268 Å². The maximum Gasteiger partial charge on any atom is 0.534 e. The van der Waals surface area contributed by atoms with Gasteiger partial charge in [-0.1, -0.05) is 0 Å². The van der Waals surface area contributed by atoms with Crippen molar-refractivity contribution in [3.8, 4) is 11.5 Å². The van der Waals surface area contributed by atoms with Crippen LogP contribution in [0.2, 0.25) is 0 Å². The normalized spacial score (nSPS) is 12.9. The molecule has 0 bridgehead atoms. The summed E-state index contributed by atoms with van der Waals surface area (Å²) >= 11 is 0. The second kappa shape index (κ2) is 14.2. The fourth-order valence-electron chi connectivity index (χ4n) is 4.09. The molecule has 49 heavy (non-hydrogen) atoms. The Bertz CT molecular complexity index is 1730. The molecule has 2 aromatic carbocycles. The van der Waals surface area contributed by atoms with Gasteiger partial charge in [-0.2, -0.15) is 61.1 Å². The van der Waals surface area contributed by atoms with Crippen LogP contribution in [0.4, 0.5) is 58.6 Å². The van der Waals surface area contributed by atoms with Crippen LogP contribution in [0.15, 0.2) is 42.7 Å². The summed E-state index contributed by atoms with van der Waals surface area (Å²) in [5, 5.41) is 10.5. The monoisotopic (exact) mass is 742 g/mol. The minimum Gasteiger partial charge on any atom is -0.550 e. The van der Waals surface area contributed by atoms with Crippen LogP contribution >= 0.6 is 0 Å². The molecule has 0 aliphatic carbocycles. The third-order valence-electron chi connectivity index (χ3n) is 6.23. The van der Waals surface area contributed by atoms with Gasteiger partial charge in [0.2, 0.25) is 5.95 Å². The van der Waals surface area contributed by atoms with Crippen molar-refractivity contribution in [3.63, 3.8) is 0 Å². The van der Waals surface area contributed by atoms with E-state index in [1.54, 1.807) is 0 Å². The van der Waals surface area contributed by atoms with Gasteiger partial charge in [0.15, 0.2) is 11.5 Å². The maximum atomic E-state index is 13.7. The summed E-state index contributed by atoms with van der Waals surface area (Å²) in [5.41, 5.74) is -13.7. The van der Waals surface area contributed by atoms with Gasteiger partial charge >= 0.3 is 34.2 Å². The number of aromatic nitrogens is 2. The standard InChI is InChI=1S/C27H21F12N3O6S/c1-14-5-17(24(28,29)30)8-16(22(14)48-49(45,46)27(37,38)39)13-42(23-40-10-20(11-41-23)47-4-2-3-21(43)44)12-15-6-18(25(31,32)33)9-19(7-15)26(34,35)36/h5-11H,2-4,12-13H2,1H3,(H,43,44)/p-1. The third kappa shape index (κ3) is 10.5. The van der Waals surface area contributed by atoms with Crippen LogP contribution in [-0.2, 0) is 46.5 Å². The number of carbonyl (C=O) groups excluding carboxylic acids is 1. The first-order chi connectivity index (χ1) is 22.3. The number of carboxylic acid groups (broad SMARTS) is 1. The van der Waals surface area contributed by atoms with Crippen LogP contribution < -0.4 is 18.9 Å². The zero-order valence-electron chi connectivity index (χ0n) is 24.3. The topological polar surface area (TPSA) is 122 Å². The quantitative estimate of drug-likeness (QED) is 0.0927. The number of ether oxygens (including phenoxy) is 1. The van der Waals surface area contributed by atoms with E-state index < -0.39 is 105 Å². The van der Waals surface area contributed by atoms with Gasteiger partial charge in [0.25, 0.3) is 0 Å². The molecule has 0 radical (unpaired) electrons. The molecule has 9 nitrogen and oxygen atoms in total. The van der Waals surface area contributed by atoms with E-state index in [4.69, 9.17) is 4.74 Å². The highest BCUT2D eigenvalue weighted by molar-refractivity contribution is 7.88. The highest BCUT2D eigenvalue weighted by Crippen LogP contribution is 2.40. The summed E-state index contributed by atoms with van der Waals surface area (Å²) in [6.07, 6.45) is -14.5. The molecule has 0 aliphatic rings.